The molecule has 3 nitrogen and oxygen atoms in total. The van der Waals surface area contributed by atoms with E-state index in [1.54, 1.807) is 7.11 Å². The van der Waals surface area contributed by atoms with Gasteiger partial charge in [-0.15, -0.1) is 0 Å². The van der Waals surface area contributed by atoms with E-state index in [9.17, 15) is 0 Å². The lowest BCUT2D eigenvalue weighted by Crippen LogP contribution is -2.40. The zero-order valence-electron chi connectivity index (χ0n) is 11.6. The van der Waals surface area contributed by atoms with Crippen LogP contribution in [0, 0.1) is 17.8 Å². The van der Waals surface area contributed by atoms with Gasteiger partial charge in [0.25, 0.3) is 0 Å². The summed E-state index contributed by atoms with van der Waals surface area (Å²) in [5, 5.41) is 0. The number of nitrogens with two attached hydrogens (primary N) is 1. The van der Waals surface area contributed by atoms with Gasteiger partial charge in [0, 0.05) is 6.04 Å². The van der Waals surface area contributed by atoms with E-state index in [-0.39, 0.29) is 0 Å². The molecule has 19 heavy (non-hydrogen) atoms. The molecule has 2 fully saturated rings. The summed E-state index contributed by atoms with van der Waals surface area (Å²) in [7, 11) is 1.70. The van der Waals surface area contributed by atoms with Gasteiger partial charge >= 0.3 is 0 Å². The molecule has 3 rings (SSSR count). The van der Waals surface area contributed by atoms with Crippen molar-refractivity contribution in [1.29, 1.82) is 0 Å². The number of ether oxygens (including phenoxy) is 1. The fraction of sp³-hybridized carbons (Fsp3) is 0.625. The molecule has 0 aliphatic heterocycles. The molecule has 0 aromatic heterocycles. The lowest BCUT2D eigenvalue weighted by molar-refractivity contribution is 0.322. The number of methoxy groups -OCH3 is 1. The van der Waals surface area contributed by atoms with Gasteiger partial charge < -0.3 is 4.74 Å². The van der Waals surface area contributed by atoms with Crippen molar-refractivity contribution in [3.8, 4) is 5.75 Å². The van der Waals surface area contributed by atoms with Crippen molar-refractivity contribution in [1.82, 2.24) is 5.43 Å². The van der Waals surface area contributed by atoms with Crippen LogP contribution in [0.3, 0.4) is 0 Å². The van der Waals surface area contributed by atoms with Gasteiger partial charge in [0.15, 0.2) is 0 Å². The summed E-state index contributed by atoms with van der Waals surface area (Å²) in [6, 6.07) is 8.85. The Labute approximate surface area is 115 Å². The Hall–Kier alpha value is -1.06. The lowest BCUT2D eigenvalue weighted by Gasteiger charge is -2.24. The SMILES string of the molecule is COc1ccc(CCC(NN)C2CC3CC3C2)cc1. The van der Waals surface area contributed by atoms with E-state index in [0.717, 1.165) is 36.3 Å². The molecule has 1 aromatic carbocycles. The van der Waals surface area contributed by atoms with E-state index in [2.05, 4.69) is 17.6 Å². The summed E-state index contributed by atoms with van der Waals surface area (Å²) in [5.74, 6) is 9.53. The Bertz CT molecular complexity index is 407. The smallest absolute Gasteiger partial charge is 0.118 e. The van der Waals surface area contributed by atoms with Crippen molar-refractivity contribution in [2.75, 3.05) is 7.11 Å². The monoisotopic (exact) mass is 260 g/mol. The molecule has 0 spiro atoms. The van der Waals surface area contributed by atoms with Crippen LogP contribution in [0.2, 0.25) is 0 Å². The minimum Gasteiger partial charge on any atom is -0.497 e. The summed E-state index contributed by atoms with van der Waals surface area (Å²) >= 11 is 0. The third-order valence-corrected chi connectivity index (χ3v) is 4.97. The highest BCUT2D eigenvalue weighted by molar-refractivity contribution is 5.27. The predicted octanol–water partition coefficient (Wildman–Crippen LogP) is 2.51. The highest BCUT2D eigenvalue weighted by atomic mass is 16.5. The van der Waals surface area contributed by atoms with E-state index in [4.69, 9.17) is 10.6 Å². The summed E-state index contributed by atoms with van der Waals surface area (Å²) in [6.07, 6.45) is 6.48. The standard InChI is InChI=1S/C16H24N2O/c1-19-15-5-2-11(3-6-15)4-7-16(18-17)14-9-12-8-13(12)10-14/h2-3,5-6,12-14,16,18H,4,7-10,17H2,1H3. The van der Waals surface area contributed by atoms with E-state index in [0.29, 0.717) is 6.04 Å². The first-order valence-corrected chi connectivity index (χ1v) is 7.39. The topological polar surface area (TPSA) is 47.3 Å². The van der Waals surface area contributed by atoms with Crippen molar-refractivity contribution < 1.29 is 4.74 Å². The van der Waals surface area contributed by atoms with Crippen molar-refractivity contribution in [2.24, 2.45) is 23.6 Å². The van der Waals surface area contributed by atoms with Crippen LogP contribution in [0.25, 0.3) is 0 Å². The highest BCUT2D eigenvalue weighted by Crippen LogP contribution is 2.55. The number of nitrogens with one attached hydrogen (secondary N) is 1. The summed E-state index contributed by atoms with van der Waals surface area (Å²) in [5.41, 5.74) is 4.42. The minimum absolute atomic E-state index is 0.481. The van der Waals surface area contributed by atoms with Crippen LogP contribution in [-0.4, -0.2) is 13.2 Å². The molecular weight excluding hydrogens is 236 g/mol. The molecule has 2 saturated carbocycles. The third kappa shape index (κ3) is 2.93. The normalized spacial score (nSPS) is 29.9. The Morgan fingerprint density at radius 2 is 1.89 bits per heavy atom. The van der Waals surface area contributed by atoms with Crippen LogP contribution in [-0.2, 0) is 6.42 Å². The number of hydrazine groups is 1. The Morgan fingerprint density at radius 3 is 2.47 bits per heavy atom. The number of fused-ring (bicyclic) bond motifs is 1. The van der Waals surface area contributed by atoms with Crippen molar-refractivity contribution in [3.63, 3.8) is 0 Å². The largest absolute Gasteiger partial charge is 0.497 e. The van der Waals surface area contributed by atoms with Crippen LogP contribution in [0.5, 0.6) is 5.75 Å². The van der Waals surface area contributed by atoms with E-state index < -0.39 is 0 Å². The van der Waals surface area contributed by atoms with Gasteiger partial charge in [0.1, 0.15) is 5.75 Å². The fourth-order valence-corrected chi connectivity index (χ4v) is 3.66. The van der Waals surface area contributed by atoms with Gasteiger partial charge in [-0.05, 0) is 67.6 Å². The molecule has 1 aromatic rings. The van der Waals surface area contributed by atoms with Crippen LogP contribution < -0.4 is 16.0 Å². The maximum Gasteiger partial charge on any atom is 0.118 e. The molecule has 0 saturated heterocycles. The number of hydrogen-bond acceptors (Lipinski definition) is 3. The number of benzene rings is 1. The molecule has 3 heteroatoms. The van der Waals surface area contributed by atoms with Gasteiger partial charge in [0.2, 0.25) is 0 Å². The predicted molar refractivity (Wildman–Crippen MR) is 76.7 cm³/mol. The second-order valence-electron chi connectivity index (χ2n) is 6.15. The summed E-state index contributed by atoms with van der Waals surface area (Å²) < 4.78 is 5.18. The quantitative estimate of drug-likeness (QED) is 0.610. The number of rotatable bonds is 6. The molecule has 3 N–H and O–H groups in total. The fourth-order valence-electron chi connectivity index (χ4n) is 3.66. The molecular formula is C16H24N2O. The maximum atomic E-state index is 5.75. The van der Waals surface area contributed by atoms with Gasteiger partial charge in [0.05, 0.1) is 7.11 Å². The molecule has 3 unspecified atom stereocenters. The molecule has 0 radical (unpaired) electrons. The summed E-state index contributed by atoms with van der Waals surface area (Å²) in [6.45, 7) is 0. The van der Waals surface area contributed by atoms with Gasteiger partial charge in [-0.2, -0.15) is 0 Å². The first-order valence-electron chi connectivity index (χ1n) is 7.39. The maximum absolute atomic E-state index is 5.75. The van der Waals surface area contributed by atoms with Crippen molar-refractivity contribution >= 4 is 0 Å². The zero-order chi connectivity index (χ0) is 13.2. The van der Waals surface area contributed by atoms with Crippen molar-refractivity contribution in [3.05, 3.63) is 29.8 Å². The van der Waals surface area contributed by atoms with Crippen LogP contribution in [0.1, 0.15) is 31.2 Å². The zero-order valence-corrected chi connectivity index (χ0v) is 11.6. The van der Waals surface area contributed by atoms with Gasteiger partial charge in [-0.25, -0.2) is 0 Å². The molecule has 104 valence electrons. The molecule has 0 heterocycles. The van der Waals surface area contributed by atoms with Crippen molar-refractivity contribution in [2.45, 2.75) is 38.1 Å². The van der Waals surface area contributed by atoms with E-state index >= 15 is 0 Å². The Kier molecular flexibility index (Phi) is 3.76. The highest BCUT2D eigenvalue weighted by Gasteiger charge is 2.47. The average Bonchev–Trinajstić information content (AvgIpc) is 3.07. The van der Waals surface area contributed by atoms with Gasteiger partial charge in [-0.3, -0.25) is 11.3 Å². The van der Waals surface area contributed by atoms with Crippen LogP contribution >= 0.6 is 0 Å². The first kappa shape index (κ1) is 12.9. The molecule has 2 aliphatic rings. The van der Waals surface area contributed by atoms with Crippen LogP contribution in [0.15, 0.2) is 24.3 Å². The molecule has 2 aliphatic carbocycles. The lowest BCUT2D eigenvalue weighted by atomic mass is 9.90. The average molecular weight is 260 g/mol. The Balaban J connectivity index is 1.51. The van der Waals surface area contributed by atoms with E-state index in [1.807, 2.05) is 12.1 Å². The van der Waals surface area contributed by atoms with Crippen LogP contribution in [0.4, 0.5) is 0 Å². The summed E-state index contributed by atoms with van der Waals surface area (Å²) in [4.78, 5) is 0. The molecule has 0 amide bonds. The number of aryl methyl sites for hydroxylation is 1. The number of hydrogen-bond donors (Lipinski definition) is 2. The molecule has 0 bridgehead atoms. The van der Waals surface area contributed by atoms with Gasteiger partial charge in [-0.1, -0.05) is 12.1 Å². The second-order valence-corrected chi connectivity index (χ2v) is 6.15. The Morgan fingerprint density at radius 1 is 1.21 bits per heavy atom. The second kappa shape index (κ2) is 5.51. The third-order valence-electron chi connectivity index (χ3n) is 4.97. The minimum atomic E-state index is 0.481. The van der Waals surface area contributed by atoms with E-state index in [1.165, 1.54) is 24.8 Å². The molecule has 3 atom stereocenters. The first-order chi connectivity index (χ1) is 9.30.